The van der Waals surface area contributed by atoms with Crippen LogP contribution in [0.2, 0.25) is 5.02 Å². The SMILES string of the molecule is C=CC(N[C@@H]1N=C(c2ccccc2)c2ccccc2N(C)C1=O)c1ccc(Cl)cc1.Cl. The molecule has 3 aromatic carbocycles. The number of para-hydroxylation sites is 1. The first kappa shape index (κ1) is 22.8. The quantitative estimate of drug-likeness (QED) is 0.526. The highest BCUT2D eigenvalue weighted by atomic mass is 35.5. The maximum Gasteiger partial charge on any atom is 0.266 e. The number of anilines is 1. The number of aliphatic imine (C=N–C) groups is 1. The van der Waals surface area contributed by atoms with Gasteiger partial charge >= 0.3 is 0 Å². The number of likely N-dealkylation sites (N-methyl/N-ethyl adjacent to an activating group) is 1. The molecule has 0 bridgehead atoms. The van der Waals surface area contributed by atoms with Crippen molar-refractivity contribution in [1.82, 2.24) is 5.32 Å². The fourth-order valence-electron chi connectivity index (χ4n) is 3.60. The molecule has 0 aliphatic carbocycles. The van der Waals surface area contributed by atoms with Crippen LogP contribution in [0, 0.1) is 0 Å². The normalized spacial score (nSPS) is 16.5. The number of hydrogen-bond donors (Lipinski definition) is 1. The summed E-state index contributed by atoms with van der Waals surface area (Å²) in [5, 5.41) is 4.02. The van der Waals surface area contributed by atoms with E-state index in [0.29, 0.717) is 5.02 Å². The van der Waals surface area contributed by atoms with E-state index in [1.165, 1.54) is 0 Å². The van der Waals surface area contributed by atoms with Crippen molar-refractivity contribution in [3.8, 4) is 0 Å². The van der Waals surface area contributed by atoms with E-state index >= 15 is 0 Å². The molecule has 0 spiro atoms. The molecule has 0 saturated heterocycles. The van der Waals surface area contributed by atoms with Gasteiger partial charge in [-0.2, -0.15) is 0 Å². The lowest BCUT2D eigenvalue weighted by molar-refractivity contribution is -0.120. The van der Waals surface area contributed by atoms with Crippen LogP contribution in [0.25, 0.3) is 0 Å². The summed E-state index contributed by atoms with van der Waals surface area (Å²) in [7, 11) is 1.78. The summed E-state index contributed by atoms with van der Waals surface area (Å²) in [6.07, 6.45) is 1.00. The van der Waals surface area contributed by atoms with E-state index in [1.54, 1.807) is 18.0 Å². The van der Waals surface area contributed by atoms with Crippen LogP contribution in [0.4, 0.5) is 5.69 Å². The van der Waals surface area contributed by atoms with Gasteiger partial charge in [-0.05, 0) is 23.8 Å². The highest BCUT2D eigenvalue weighted by molar-refractivity contribution is 6.30. The zero-order valence-corrected chi connectivity index (χ0v) is 18.6. The second-order valence-corrected chi connectivity index (χ2v) is 7.53. The van der Waals surface area contributed by atoms with Crippen LogP contribution in [0.3, 0.4) is 0 Å². The summed E-state index contributed by atoms with van der Waals surface area (Å²) >= 11 is 6.02. The van der Waals surface area contributed by atoms with E-state index in [9.17, 15) is 4.79 Å². The van der Waals surface area contributed by atoms with Crippen LogP contribution in [-0.2, 0) is 4.79 Å². The van der Waals surface area contributed by atoms with Crippen LogP contribution in [0.1, 0.15) is 22.7 Å². The average molecular weight is 452 g/mol. The molecule has 1 aliphatic rings. The fraction of sp³-hybridized carbons (Fsp3) is 0.120. The number of hydrogen-bond acceptors (Lipinski definition) is 3. The van der Waals surface area contributed by atoms with Crippen molar-refractivity contribution < 1.29 is 4.79 Å². The minimum absolute atomic E-state index is 0. The molecule has 0 saturated carbocycles. The number of benzodiazepines with no additional fused rings is 1. The molecule has 1 unspecified atom stereocenters. The zero-order valence-electron chi connectivity index (χ0n) is 17.0. The Labute approximate surface area is 193 Å². The van der Waals surface area contributed by atoms with E-state index in [-0.39, 0.29) is 24.4 Å². The number of nitrogens with one attached hydrogen (secondary N) is 1. The highest BCUT2D eigenvalue weighted by Crippen LogP contribution is 2.28. The summed E-state index contributed by atoms with van der Waals surface area (Å²) in [6, 6.07) is 25.0. The van der Waals surface area contributed by atoms with Crippen molar-refractivity contribution in [3.63, 3.8) is 0 Å². The summed E-state index contributed by atoms with van der Waals surface area (Å²) < 4.78 is 0. The Balaban J connectivity index is 0.00000272. The zero-order chi connectivity index (χ0) is 21.1. The second kappa shape index (κ2) is 9.92. The molecule has 1 aliphatic heterocycles. The molecular weight excluding hydrogens is 429 g/mol. The van der Waals surface area contributed by atoms with Crippen molar-refractivity contribution in [2.24, 2.45) is 4.99 Å². The molecule has 31 heavy (non-hydrogen) atoms. The van der Waals surface area contributed by atoms with Gasteiger partial charge in [-0.15, -0.1) is 19.0 Å². The highest BCUT2D eigenvalue weighted by Gasteiger charge is 2.31. The van der Waals surface area contributed by atoms with Gasteiger partial charge in [0.1, 0.15) is 0 Å². The van der Waals surface area contributed by atoms with Crippen molar-refractivity contribution in [3.05, 3.63) is 113 Å². The Morgan fingerprint density at radius 1 is 1.03 bits per heavy atom. The first-order valence-corrected chi connectivity index (χ1v) is 10.1. The molecule has 1 N–H and O–H groups in total. The van der Waals surface area contributed by atoms with Crippen LogP contribution >= 0.6 is 24.0 Å². The average Bonchev–Trinajstić information content (AvgIpc) is 2.89. The van der Waals surface area contributed by atoms with Gasteiger partial charge in [-0.1, -0.05) is 78.3 Å². The third kappa shape index (κ3) is 4.72. The monoisotopic (exact) mass is 451 g/mol. The van der Waals surface area contributed by atoms with Crippen molar-refractivity contribution >= 4 is 41.3 Å². The van der Waals surface area contributed by atoms with E-state index in [0.717, 1.165) is 28.1 Å². The summed E-state index contributed by atoms with van der Waals surface area (Å²) in [4.78, 5) is 19.9. The van der Waals surface area contributed by atoms with Gasteiger partial charge in [0.2, 0.25) is 0 Å². The van der Waals surface area contributed by atoms with Crippen LogP contribution in [0.5, 0.6) is 0 Å². The number of carbonyl (C=O) groups is 1. The van der Waals surface area contributed by atoms with Crippen LogP contribution in [-0.4, -0.2) is 24.8 Å². The van der Waals surface area contributed by atoms with Crippen molar-refractivity contribution in [2.75, 3.05) is 11.9 Å². The van der Waals surface area contributed by atoms with Gasteiger partial charge < -0.3 is 4.90 Å². The standard InChI is InChI=1S/C25H22ClN3O.ClH/c1-3-21(17-13-15-19(26)16-14-17)27-24-25(30)29(2)22-12-8-7-11-20(22)23(28-24)18-9-5-4-6-10-18;/h3-16,21,24,27H,1H2,2H3;1H/t21?,24-;/m1./s1. The van der Waals surface area contributed by atoms with E-state index in [4.69, 9.17) is 16.6 Å². The van der Waals surface area contributed by atoms with Gasteiger partial charge in [-0.3, -0.25) is 15.1 Å². The molecular formula is C25H23Cl2N3O. The Morgan fingerprint density at radius 2 is 1.68 bits per heavy atom. The second-order valence-electron chi connectivity index (χ2n) is 7.09. The topological polar surface area (TPSA) is 44.7 Å². The molecule has 3 aromatic rings. The van der Waals surface area contributed by atoms with E-state index < -0.39 is 6.17 Å². The van der Waals surface area contributed by atoms with Gasteiger partial charge in [-0.25, -0.2) is 0 Å². The number of fused-ring (bicyclic) bond motifs is 1. The summed E-state index contributed by atoms with van der Waals surface area (Å²) in [5.41, 5.74) is 4.45. The van der Waals surface area contributed by atoms with E-state index in [1.807, 2.05) is 78.9 Å². The lowest BCUT2D eigenvalue weighted by Gasteiger charge is -2.24. The molecule has 1 amide bonds. The summed E-state index contributed by atoms with van der Waals surface area (Å²) in [5.74, 6) is -0.130. The van der Waals surface area contributed by atoms with Gasteiger partial charge in [0.15, 0.2) is 6.17 Å². The molecule has 4 rings (SSSR count). The smallest absolute Gasteiger partial charge is 0.266 e. The number of carbonyl (C=O) groups excluding carboxylic acids is 1. The third-order valence-corrected chi connectivity index (χ3v) is 5.44. The first-order chi connectivity index (χ1) is 14.6. The minimum Gasteiger partial charge on any atom is -0.312 e. The van der Waals surface area contributed by atoms with Crippen molar-refractivity contribution in [1.29, 1.82) is 0 Å². The Bertz CT molecular complexity index is 1100. The first-order valence-electron chi connectivity index (χ1n) is 9.73. The maximum atomic E-state index is 13.3. The Kier molecular flexibility index (Phi) is 7.29. The van der Waals surface area contributed by atoms with Gasteiger partial charge in [0.05, 0.1) is 17.4 Å². The molecule has 1 heterocycles. The van der Waals surface area contributed by atoms with Crippen LogP contribution < -0.4 is 10.2 Å². The molecule has 0 aromatic heterocycles. The van der Waals surface area contributed by atoms with Gasteiger partial charge in [0.25, 0.3) is 5.91 Å². The van der Waals surface area contributed by atoms with Crippen molar-refractivity contribution in [2.45, 2.75) is 12.2 Å². The number of rotatable bonds is 5. The minimum atomic E-state index is -0.767. The largest absolute Gasteiger partial charge is 0.312 e. The number of halogens is 2. The number of amides is 1. The molecule has 2 atom stereocenters. The molecule has 0 fully saturated rings. The molecule has 158 valence electrons. The fourth-order valence-corrected chi connectivity index (χ4v) is 3.72. The molecule has 4 nitrogen and oxygen atoms in total. The lowest BCUT2D eigenvalue weighted by Crippen LogP contribution is -2.44. The Morgan fingerprint density at radius 3 is 2.35 bits per heavy atom. The number of benzene rings is 3. The predicted molar refractivity (Wildman–Crippen MR) is 130 cm³/mol. The Hall–Kier alpha value is -2.92. The molecule has 0 radical (unpaired) electrons. The summed E-state index contributed by atoms with van der Waals surface area (Å²) in [6.45, 7) is 3.94. The third-order valence-electron chi connectivity index (χ3n) is 5.19. The number of nitrogens with zero attached hydrogens (tertiary/aromatic N) is 2. The van der Waals surface area contributed by atoms with Crippen LogP contribution in [0.15, 0.2) is 96.5 Å². The molecule has 6 heteroatoms. The van der Waals surface area contributed by atoms with E-state index in [2.05, 4.69) is 11.9 Å². The maximum absolute atomic E-state index is 13.3. The lowest BCUT2D eigenvalue weighted by atomic mass is 10.0. The predicted octanol–water partition coefficient (Wildman–Crippen LogP) is 5.42. The van der Waals surface area contributed by atoms with Gasteiger partial charge in [0, 0.05) is 23.2 Å².